The molecule has 1 unspecified atom stereocenters. The van der Waals surface area contributed by atoms with E-state index in [0.717, 1.165) is 37.4 Å². The predicted molar refractivity (Wildman–Crippen MR) is 103 cm³/mol. The highest BCUT2D eigenvalue weighted by atomic mass is 16.2. The van der Waals surface area contributed by atoms with Crippen molar-refractivity contribution in [2.45, 2.75) is 51.0 Å². The molecule has 8 nitrogen and oxygen atoms in total. The molecule has 1 aliphatic carbocycles. The van der Waals surface area contributed by atoms with Gasteiger partial charge in [0.2, 0.25) is 5.91 Å². The molecule has 2 aromatic heterocycles. The van der Waals surface area contributed by atoms with E-state index >= 15 is 0 Å². The molecule has 1 saturated carbocycles. The van der Waals surface area contributed by atoms with Crippen LogP contribution in [-0.2, 0) is 4.79 Å². The van der Waals surface area contributed by atoms with Gasteiger partial charge in [-0.3, -0.25) is 4.79 Å². The van der Waals surface area contributed by atoms with Crippen LogP contribution in [0.3, 0.4) is 0 Å². The molecule has 0 spiro atoms. The topological polar surface area (TPSA) is 101 Å². The maximum Gasteiger partial charge on any atom is 0.223 e. The lowest BCUT2D eigenvalue weighted by atomic mass is 9.83. The van der Waals surface area contributed by atoms with E-state index in [1.807, 2.05) is 12.1 Å². The van der Waals surface area contributed by atoms with E-state index in [4.69, 9.17) is 5.73 Å². The number of carbonyl (C=O) groups excluding carboxylic acids is 1. The van der Waals surface area contributed by atoms with Crippen LogP contribution in [0.4, 0.5) is 5.82 Å². The minimum Gasteiger partial charge on any atom is -0.355 e. The van der Waals surface area contributed by atoms with Gasteiger partial charge in [-0.15, -0.1) is 15.3 Å². The number of hydrogen-bond donors (Lipinski definition) is 2. The zero-order chi connectivity index (χ0) is 18.6. The standard InChI is InChI=1S/C19H29N7O/c20-12-16(14-4-2-1-3-5-14)22-19(27)15-8-10-25(11-9-15)18-7-6-17-23-21-13-26(17)24-18/h6-7,13-16H,1-5,8-12,20H2,(H,22,27). The van der Waals surface area contributed by atoms with Crippen molar-refractivity contribution in [2.75, 3.05) is 24.5 Å². The number of fused-ring (bicyclic) bond motifs is 1. The summed E-state index contributed by atoms with van der Waals surface area (Å²) in [5.41, 5.74) is 6.71. The van der Waals surface area contributed by atoms with E-state index in [2.05, 4.69) is 25.5 Å². The molecule has 3 heterocycles. The molecule has 8 heteroatoms. The molecule has 3 N–H and O–H groups in total. The molecule has 27 heavy (non-hydrogen) atoms. The molecule has 2 fully saturated rings. The van der Waals surface area contributed by atoms with Gasteiger partial charge in [0, 0.05) is 31.6 Å². The molecule has 0 aromatic carbocycles. The number of nitrogens with one attached hydrogen (secondary N) is 1. The van der Waals surface area contributed by atoms with Crippen molar-refractivity contribution in [1.29, 1.82) is 0 Å². The van der Waals surface area contributed by atoms with E-state index in [-0.39, 0.29) is 17.9 Å². The van der Waals surface area contributed by atoms with Crippen molar-refractivity contribution in [2.24, 2.45) is 17.6 Å². The number of nitrogens with two attached hydrogens (primary N) is 1. The van der Waals surface area contributed by atoms with Gasteiger partial charge in [0.1, 0.15) is 12.1 Å². The number of aromatic nitrogens is 4. The SMILES string of the molecule is NCC(NC(=O)C1CCN(c2ccc3nncn3n2)CC1)C1CCCCC1. The summed E-state index contributed by atoms with van der Waals surface area (Å²) in [7, 11) is 0. The molecule has 146 valence electrons. The Morgan fingerprint density at radius 2 is 1.96 bits per heavy atom. The first kappa shape index (κ1) is 18.2. The van der Waals surface area contributed by atoms with Gasteiger partial charge in [-0.1, -0.05) is 19.3 Å². The summed E-state index contributed by atoms with van der Waals surface area (Å²) < 4.78 is 1.68. The summed E-state index contributed by atoms with van der Waals surface area (Å²) in [6.45, 7) is 2.20. The minimum absolute atomic E-state index is 0.0672. The Kier molecular flexibility index (Phi) is 5.52. The monoisotopic (exact) mass is 371 g/mol. The second kappa shape index (κ2) is 8.21. The second-order valence-electron chi connectivity index (χ2n) is 7.84. The molecular weight excluding hydrogens is 342 g/mol. The lowest BCUT2D eigenvalue weighted by molar-refractivity contribution is -0.126. The summed E-state index contributed by atoms with van der Waals surface area (Å²) >= 11 is 0. The molecule has 1 atom stereocenters. The maximum atomic E-state index is 12.8. The predicted octanol–water partition coefficient (Wildman–Crippen LogP) is 1.36. The summed E-state index contributed by atoms with van der Waals surface area (Å²) in [6.07, 6.45) is 9.52. The fourth-order valence-corrected chi connectivity index (χ4v) is 4.46. The average Bonchev–Trinajstić information content (AvgIpc) is 3.20. The van der Waals surface area contributed by atoms with E-state index in [0.29, 0.717) is 12.5 Å². The number of hydrogen-bond acceptors (Lipinski definition) is 6. The first-order chi connectivity index (χ1) is 13.2. The lowest BCUT2D eigenvalue weighted by Crippen LogP contribution is -2.49. The molecule has 1 aliphatic heterocycles. The van der Waals surface area contributed by atoms with Crippen molar-refractivity contribution < 1.29 is 4.79 Å². The van der Waals surface area contributed by atoms with Crippen LogP contribution in [0, 0.1) is 11.8 Å². The number of nitrogens with zero attached hydrogens (tertiary/aromatic N) is 5. The number of rotatable bonds is 5. The van der Waals surface area contributed by atoms with E-state index in [1.165, 1.54) is 32.1 Å². The van der Waals surface area contributed by atoms with Crippen molar-refractivity contribution in [3.8, 4) is 0 Å². The third-order valence-corrected chi connectivity index (χ3v) is 6.14. The minimum atomic E-state index is 0.0672. The van der Waals surface area contributed by atoms with Gasteiger partial charge in [0.15, 0.2) is 5.65 Å². The van der Waals surface area contributed by atoms with Crippen molar-refractivity contribution >= 4 is 17.4 Å². The van der Waals surface area contributed by atoms with Gasteiger partial charge in [-0.25, -0.2) is 0 Å². The fraction of sp³-hybridized carbons (Fsp3) is 0.684. The van der Waals surface area contributed by atoms with Gasteiger partial charge in [0.05, 0.1) is 0 Å². The van der Waals surface area contributed by atoms with Crippen molar-refractivity contribution in [3.05, 3.63) is 18.5 Å². The smallest absolute Gasteiger partial charge is 0.223 e. The first-order valence-corrected chi connectivity index (χ1v) is 10.2. The van der Waals surface area contributed by atoms with Crippen LogP contribution < -0.4 is 16.0 Å². The Morgan fingerprint density at radius 3 is 2.70 bits per heavy atom. The highest BCUT2D eigenvalue weighted by molar-refractivity contribution is 5.79. The number of amides is 1. The number of piperidine rings is 1. The Bertz CT molecular complexity index is 762. The molecule has 2 aliphatic rings. The Morgan fingerprint density at radius 1 is 1.19 bits per heavy atom. The third-order valence-electron chi connectivity index (χ3n) is 6.14. The number of anilines is 1. The van der Waals surface area contributed by atoms with Gasteiger partial charge >= 0.3 is 0 Å². The maximum absolute atomic E-state index is 12.8. The molecule has 0 bridgehead atoms. The van der Waals surface area contributed by atoms with Crippen LogP contribution in [0.25, 0.3) is 5.65 Å². The van der Waals surface area contributed by atoms with Crippen LogP contribution in [0.1, 0.15) is 44.9 Å². The normalized spacial score (nSPS) is 20.7. The van der Waals surface area contributed by atoms with Crippen LogP contribution in [0.5, 0.6) is 0 Å². The zero-order valence-electron chi connectivity index (χ0n) is 15.8. The highest BCUT2D eigenvalue weighted by Gasteiger charge is 2.29. The third kappa shape index (κ3) is 4.05. The Hall–Kier alpha value is -2.22. The van der Waals surface area contributed by atoms with Crippen LogP contribution in [0.2, 0.25) is 0 Å². The quantitative estimate of drug-likeness (QED) is 0.823. The Labute approximate surface area is 159 Å². The summed E-state index contributed by atoms with van der Waals surface area (Å²) in [4.78, 5) is 15.0. The number of carbonyl (C=O) groups is 1. The molecular formula is C19H29N7O. The van der Waals surface area contributed by atoms with Gasteiger partial charge in [0.25, 0.3) is 0 Å². The van der Waals surface area contributed by atoms with Crippen LogP contribution >= 0.6 is 0 Å². The van der Waals surface area contributed by atoms with E-state index in [9.17, 15) is 4.79 Å². The first-order valence-electron chi connectivity index (χ1n) is 10.2. The van der Waals surface area contributed by atoms with Crippen LogP contribution in [-0.4, -0.2) is 51.4 Å². The second-order valence-corrected chi connectivity index (χ2v) is 7.84. The largest absolute Gasteiger partial charge is 0.355 e. The van der Waals surface area contributed by atoms with Gasteiger partial charge < -0.3 is 16.0 Å². The Balaban J connectivity index is 1.31. The van der Waals surface area contributed by atoms with E-state index in [1.54, 1.807) is 10.8 Å². The van der Waals surface area contributed by atoms with Gasteiger partial charge in [-0.05, 0) is 43.7 Å². The molecule has 2 aromatic rings. The summed E-state index contributed by atoms with van der Waals surface area (Å²) in [6, 6.07) is 4.02. The molecule has 4 rings (SSSR count). The average molecular weight is 371 g/mol. The van der Waals surface area contributed by atoms with Crippen LogP contribution in [0.15, 0.2) is 18.5 Å². The molecule has 1 saturated heterocycles. The summed E-state index contributed by atoms with van der Waals surface area (Å²) in [5, 5.41) is 15.7. The lowest BCUT2D eigenvalue weighted by Gasteiger charge is -2.34. The van der Waals surface area contributed by atoms with Crippen molar-refractivity contribution in [1.82, 2.24) is 25.1 Å². The van der Waals surface area contributed by atoms with Crippen molar-refractivity contribution in [3.63, 3.8) is 0 Å². The summed E-state index contributed by atoms with van der Waals surface area (Å²) in [5.74, 6) is 1.70. The molecule has 0 radical (unpaired) electrons. The fourth-order valence-electron chi connectivity index (χ4n) is 4.46. The molecule has 1 amide bonds. The highest BCUT2D eigenvalue weighted by Crippen LogP contribution is 2.27. The van der Waals surface area contributed by atoms with E-state index < -0.39 is 0 Å². The zero-order valence-corrected chi connectivity index (χ0v) is 15.8. The van der Waals surface area contributed by atoms with Gasteiger partial charge in [-0.2, -0.15) is 4.52 Å².